The average Bonchev–Trinajstić information content (AvgIpc) is 3.23. The highest BCUT2D eigenvalue weighted by molar-refractivity contribution is 7.09. The first kappa shape index (κ1) is 22.3. The number of hydrogen-bond donors (Lipinski definition) is 3. The van der Waals surface area contributed by atoms with Gasteiger partial charge in [-0.3, -0.25) is 4.79 Å². The van der Waals surface area contributed by atoms with Crippen LogP contribution in [0.15, 0.2) is 36.0 Å². The van der Waals surface area contributed by atoms with Crippen LogP contribution < -0.4 is 10.2 Å². The molecule has 0 radical (unpaired) electrons. The molecule has 1 amide bonds. The summed E-state index contributed by atoms with van der Waals surface area (Å²) in [6.07, 6.45) is 2.28. The van der Waals surface area contributed by atoms with Crippen molar-refractivity contribution in [3.63, 3.8) is 0 Å². The van der Waals surface area contributed by atoms with Crippen LogP contribution in [-0.4, -0.2) is 56.8 Å². The lowest BCUT2D eigenvalue weighted by molar-refractivity contribution is 0.0917. The van der Waals surface area contributed by atoms with Gasteiger partial charge >= 0.3 is 0 Å². The molecular formula is C23H27N5O3S. The number of carbonyl (C=O) groups is 1. The summed E-state index contributed by atoms with van der Waals surface area (Å²) in [7, 11) is 0. The summed E-state index contributed by atoms with van der Waals surface area (Å²) in [6, 6.07) is 7.38. The zero-order valence-corrected chi connectivity index (χ0v) is 19.0. The number of nitrogens with zero attached hydrogens (tertiary/aromatic N) is 4. The first-order valence-corrected chi connectivity index (χ1v) is 11.5. The van der Waals surface area contributed by atoms with Gasteiger partial charge in [0, 0.05) is 37.0 Å². The molecule has 168 valence electrons. The number of aliphatic hydroxyl groups is 2. The number of aliphatic hydroxyl groups excluding tert-OH is 2. The third-order valence-corrected chi connectivity index (χ3v) is 6.68. The van der Waals surface area contributed by atoms with Crippen LogP contribution >= 0.6 is 11.3 Å². The number of hydrogen-bond acceptors (Lipinski definition) is 8. The van der Waals surface area contributed by atoms with Crippen molar-refractivity contribution in [2.24, 2.45) is 0 Å². The molecule has 2 atom stereocenters. The third kappa shape index (κ3) is 4.95. The number of benzene rings is 1. The van der Waals surface area contributed by atoms with Crippen LogP contribution in [-0.2, 0) is 0 Å². The van der Waals surface area contributed by atoms with Gasteiger partial charge in [0.2, 0.25) is 0 Å². The van der Waals surface area contributed by atoms with E-state index < -0.39 is 6.10 Å². The lowest BCUT2D eigenvalue weighted by Gasteiger charge is -2.31. The van der Waals surface area contributed by atoms with Gasteiger partial charge < -0.3 is 20.4 Å². The van der Waals surface area contributed by atoms with Crippen LogP contribution in [0.1, 0.15) is 45.4 Å². The van der Waals surface area contributed by atoms with Crippen LogP contribution in [0.25, 0.3) is 11.4 Å². The highest BCUT2D eigenvalue weighted by Gasteiger charge is 2.20. The summed E-state index contributed by atoms with van der Waals surface area (Å²) >= 11 is 1.37. The zero-order valence-electron chi connectivity index (χ0n) is 18.2. The number of aryl methyl sites for hydroxylation is 2. The quantitative estimate of drug-likeness (QED) is 0.526. The van der Waals surface area contributed by atoms with Gasteiger partial charge in [-0.05, 0) is 44.4 Å². The van der Waals surface area contributed by atoms with Crippen LogP contribution in [0.2, 0.25) is 0 Å². The number of carbonyl (C=O) groups excluding carboxylic acids is 1. The Hall–Kier alpha value is -2.88. The molecule has 1 fully saturated rings. The predicted octanol–water partition coefficient (Wildman–Crippen LogP) is 2.64. The Morgan fingerprint density at radius 1 is 1.31 bits per heavy atom. The lowest BCUT2D eigenvalue weighted by atomic mass is 10.0. The van der Waals surface area contributed by atoms with E-state index in [2.05, 4.69) is 25.2 Å². The number of β-amino-alcohol motifs (C(OH)–C–C–N with tert-alkyl or cyclic N) is 1. The van der Waals surface area contributed by atoms with Gasteiger partial charge in [-0.2, -0.15) is 0 Å². The van der Waals surface area contributed by atoms with Crippen molar-refractivity contribution in [2.45, 2.75) is 38.9 Å². The number of rotatable bonds is 6. The monoisotopic (exact) mass is 453 g/mol. The Kier molecular flexibility index (Phi) is 6.78. The normalized spacial score (nSPS) is 17.2. The van der Waals surface area contributed by atoms with E-state index in [-0.39, 0.29) is 18.6 Å². The molecule has 0 spiro atoms. The molecule has 8 nitrogen and oxygen atoms in total. The SMILES string of the molecule is Cc1ccc(-c2nccc(N3CCCC(O)C3)n2)cc1C(=O)NC[C@@H](O)c1scnc1C. The number of piperidine rings is 1. The molecule has 1 aliphatic heterocycles. The minimum absolute atomic E-state index is 0.106. The Labute approximate surface area is 191 Å². The van der Waals surface area contributed by atoms with Crippen molar-refractivity contribution in [1.29, 1.82) is 0 Å². The standard InChI is InChI=1S/C23H27N5O3S/c1-14-5-6-16(22-24-8-7-20(27-22)28-9-3-4-17(29)12-28)10-18(14)23(31)25-11-19(30)21-15(2)26-13-32-21/h5-8,10,13,17,19,29-30H,3-4,9,11-12H2,1-2H3,(H,25,31)/t17?,19-/m1/s1. The molecule has 9 heteroatoms. The molecule has 1 saturated heterocycles. The predicted molar refractivity (Wildman–Crippen MR) is 124 cm³/mol. The van der Waals surface area contributed by atoms with Gasteiger partial charge in [-0.1, -0.05) is 12.1 Å². The van der Waals surface area contributed by atoms with Crippen LogP contribution in [0.3, 0.4) is 0 Å². The summed E-state index contributed by atoms with van der Waals surface area (Å²) in [5, 5.41) is 23.2. The molecule has 1 aliphatic rings. The van der Waals surface area contributed by atoms with Gasteiger partial charge in [0.1, 0.15) is 11.9 Å². The van der Waals surface area contributed by atoms with Crippen molar-refractivity contribution >= 4 is 23.1 Å². The summed E-state index contributed by atoms with van der Waals surface area (Å²) in [5.41, 5.74) is 4.53. The summed E-state index contributed by atoms with van der Waals surface area (Å²) in [6.45, 7) is 5.21. The van der Waals surface area contributed by atoms with Crippen LogP contribution in [0.5, 0.6) is 0 Å². The maximum atomic E-state index is 12.8. The number of anilines is 1. The van der Waals surface area contributed by atoms with Crippen molar-refractivity contribution in [3.8, 4) is 11.4 Å². The second kappa shape index (κ2) is 9.72. The van der Waals surface area contributed by atoms with Crippen molar-refractivity contribution in [2.75, 3.05) is 24.5 Å². The maximum Gasteiger partial charge on any atom is 0.251 e. The summed E-state index contributed by atoms with van der Waals surface area (Å²) in [4.78, 5) is 28.9. The maximum absolute atomic E-state index is 12.8. The second-order valence-corrected chi connectivity index (χ2v) is 8.92. The van der Waals surface area contributed by atoms with E-state index in [4.69, 9.17) is 0 Å². The fraction of sp³-hybridized carbons (Fsp3) is 0.391. The number of thiazole rings is 1. The molecule has 3 aromatic rings. The first-order chi connectivity index (χ1) is 15.4. The van der Waals surface area contributed by atoms with E-state index in [0.29, 0.717) is 17.9 Å². The summed E-state index contributed by atoms with van der Waals surface area (Å²) in [5.74, 6) is 1.03. The molecule has 0 saturated carbocycles. The second-order valence-electron chi connectivity index (χ2n) is 8.04. The van der Waals surface area contributed by atoms with E-state index in [9.17, 15) is 15.0 Å². The Bertz CT molecular complexity index is 1100. The number of amides is 1. The van der Waals surface area contributed by atoms with Crippen LogP contribution in [0, 0.1) is 13.8 Å². The van der Waals surface area contributed by atoms with Gasteiger partial charge in [0.25, 0.3) is 5.91 Å². The molecule has 0 bridgehead atoms. The van der Waals surface area contributed by atoms with E-state index in [0.717, 1.165) is 46.9 Å². The van der Waals surface area contributed by atoms with Gasteiger partial charge in [-0.25, -0.2) is 15.0 Å². The van der Waals surface area contributed by atoms with Crippen molar-refractivity contribution in [1.82, 2.24) is 20.3 Å². The van der Waals surface area contributed by atoms with E-state index in [1.54, 1.807) is 17.8 Å². The molecule has 1 unspecified atom stereocenters. The van der Waals surface area contributed by atoms with Gasteiger partial charge in [0.15, 0.2) is 5.82 Å². The molecule has 1 aromatic carbocycles. The highest BCUT2D eigenvalue weighted by atomic mass is 32.1. The molecule has 3 N–H and O–H groups in total. The zero-order chi connectivity index (χ0) is 22.7. The molecular weight excluding hydrogens is 426 g/mol. The van der Waals surface area contributed by atoms with Crippen molar-refractivity contribution < 1.29 is 15.0 Å². The Balaban J connectivity index is 1.50. The van der Waals surface area contributed by atoms with E-state index in [1.807, 2.05) is 32.0 Å². The topological polar surface area (TPSA) is 111 Å². The third-order valence-electron chi connectivity index (χ3n) is 5.64. The summed E-state index contributed by atoms with van der Waals surface area (Å²) < 4.78 is 0. The number of aromatic nitrogens is 3. The average molecular weight is 454 g/mol. The van der Waals surface area contributed by atoms with Gasteiger partial charge in [-0.15, -0.1) is 11.3 Å². The molecule has 32 heavy (non-hydrogen) atoms. The van der Waals surface area contributed by atoms with Gasteiger partial charge in [0.05, 0.1) is 22.2 Å². The smallest absolute Gasteiger partial charge is 0.251 e. The van der Waals surface area contributed by atoms with E-state index >= 15 is 0 Å². The lowest BCUT2D eigenvalue weighted by Crippen LogP contribution is -2.38. The molecule has 3 heterocycles. The highest BCUT2D eigenvalue weighted by Crippen LogP contribution is 2.24. The molecule has 2 aromatic heterocycles. The Morgan fingerprint density at radius 2 is 2.16 bits per heavy atom. The van der Waals surface area contributed by atoms with Crippen LogP contribution in [0.4, 0.5) is 5.82 Å². The fourth-order valence-corrected chi connectivity index (χ4v) is 4.63. The Morgan fingerprint density at radius 3 is 2.91 bits per heavy atom. The minimum Gasteiger partial charge on any atom is -0.391 e. The fourth-order valence-electron chi connectivity index (χ4n) is 3.84. The van der Waals surface area contributed by atoms with E-state index in [1.165, 1.54) is 11.3 Å². The first-order valence-electron chi connectivity index (χ1n) is 10.7. The van der Waals surface area contributed by atoms with Crippen molar-refractivity contribution in [3.05, 3.63) is 57.7 Å². The molecule has 0 aliphatic carbocycles. The molecule has 4 rings (SSSR count). The largest absolute Gasteiger partial charge is 0.391 e. The minimum atomic E-state index is -0.796. The number of nitrogens with one attached hydrogen (secondary N) is 1.